The molecular formula is C11H11F4NOS. The Morgan fingerprint density at radius 2 is 2.00 bits per heavy atom. The molecule has 100 valence electrons. The Hall–Kier alpha value is -1.37. The van der Waals surface area contributed by atoms with E-state index in [4.69, 9.17) is 10.5 Å². The average Bonchev–Trinajstić information content (AvgIpc) is 2.22. The van der Waals surface area contributed by atoms with Crippen LogP contribution in [0.5, 0.6) is 5.75 Å². The SMILES string of the molecule is NC(=S)c1c(F)cccc1OCCCC(F)(F)F. The maximum atomic E-state index is 13.4. The van der Waals surface area contributed by atoms with Crippen molar-refractivity contribution < 1.29 is 22.3 Å². The van der Waals surface area contributed by atoms with Gasteiger partial charge in [0.1, 0.15) is 16.6 Å². The summed E-state index contributed by atoms with van der Waals surface area (Å²) in [5.41, 5.74) is 5.24. The second kappa shape index (κ2) is 5.99. The van der Waals surface area contributed by atoms with Crippen LogP contribution < -0.4 is 10.5 Å². The van der Waals surface area contributed by atoms with E-state index in [-0.39, 0.29) is 29.3 Å². The first-order valence-corrected chi connectivity index (χ1v) is 5.50. The second-order valence-corrected chi connectivity index (χ2v) is 3.98. The molecule has 1 rings (SSSR count). The third-order valence-electron chi connectivity index (χ3n) is 2.08. The molecule has 0 fully saturated rings. The maximum Gasteiger partial charge on any atom is 0.389 e. The normalized spacial score (nSPS) is 11.3. The van der Waals surface area contributed by atoms with Gasteiger partial charge in [0.15, 0.2) is 0 Å². The molecule has 2 N–H and O–H groups in total. The summed E-state index contributed by atoms with van der Waals surface area (Å²) in [6, 6.07) is 3.93. The maximum absolute atomic E-state index is 13.4. The lowest BCUT2D eigenvalue weighted by atomic mass is 10.2. The van der Waals surface area contributed by atoms with Crippen LogP contribution >= 0.6 is 12.2 Å². The van der Waals surface area contributed by atoms with E-state index in [2.05, 4.69) is 12.2 Å². The number of nitrogens with two attached hydrogens (primary N) is 1. The van der Waals surface area contributed by atoms with Crippen molar-refractivity contribution in [2.45, 2.75) is 19.0 Å². The van der Waals surface area contributed by atoms with Crippen LogP contribution in [0.25, 0.3) is 0 Å². The smallest absolute Gasteiger partial charge is 0.389 e. The fourth-order valence-electron chi connectivity index (χ4n) is 1.32. The lowest BCUT2D eigenvalue weighted by Gasteiger charge is -2.12. The number of rotatable bonds is 5. The van der Waals surface area contributed by atoms with Crippen molar-refractivity contribution in [1.82, 2.24) is 0 Å². The first kappa shape index (κ1) is 14.7. The summed E-state index contributed by atoms with van der Waals surface area (Å²) in [5, 5.41) is 0. The number of benzene rings is 1. The molecule has 1 aromatic carbocycles. The van der Waals surface area contributed by atoms with Crippen LogP contribution in [0.1, 0.15) is 18.4 Å². The van der Waals surface area contributed by atoms with Crippen LogP contribution in [-0.2, 0) is 0 Å². The average molecular weight is 281 g/mol. The molecule has 0 aliphatic rings. The third kappa shape index (κ3) is 4.48. The van der Waals surface area contributed by atoms with E-state index in [0.717, 1.165) is 6.07 Å². The van der Waals surface area contributed by atoms with Crippen molar-refractivity contribution in [2.75, 3.05) is 6.61 Å². The topological polar surface area (TPSA) is 35.2 Å². The lowest BCUT2D eigenvalue weighted by molar-refractivity contribution is -0.136. The molecule has 0 heterocycles. The molecule has 0 amide bonds. The Morgan fingerprint density at radius 1 is 1.33 bits per heavy atom. The monoisotopic (exact) mass is 281 g/mol. The summed E-state index contributed by atoms with van der Waals surface area (Å²) in [5.74, 6) is -0.597. The van der Waals surface area contributed by atoms with Crippen molar-refractivity contribution in [1.29, 1.82) is 0 Å². The summed E-state index contributed by atoms with van der Waals surface area (Å²) in [7, 11) is 0. The van der Waals surface area contributed by atoms with Gasteiger partial charge in [-0.05, 0) is 18.6 Å². The van der Waals surface area contributed by atoms with E-state index in [0.29, 0.717) is 0 Å². The van der Waals surface area contributed by atoms with Crippen molar-refractivity contribution >= 4 is 17.2 Å². The molecule has 0 unspecified atom stereocenters. The zero-order valence-corrected chi connectivity index (χ0v) is 10.1. The molecule has 2 nitrogen and oxygen atoms in total. The van der Waals surface area contributed by atoms with E-state index >= 15 is 0 Å². The fraction of sp³-hybridized carbons (Fsp3) is 0.364. The molecule has 0 aromatic heterocycles. The Balaban J connectivity index is 2.63. The molecule has 0 aliphatic carbocycles. The highest BCUT2D eigenvalue weighted by atomic mass is 32.1. The van der Waals surface area contributed by atoms with Gasteiger partial charge in [0, 0.05) is 6.42 Å². The molecule has 0 aliphatic heterocycles. The van der Waals surface area contributed by atoms with Gasteiger partial charge in [-0.3, -0.25) is 0 Å². The second-order valence-electron chi connectivity index (χ2n) is 3.54. The molecule has 0 bridgehead atoms. The van der Waals surface area contributed by atoms with Crippen molar-refractivity contribution in [3.8, 4) is 5.75 Å². The Bertz CT molecular complexity index is 434. The van der Waals surface area contributed by atoms with Crippen LogP contribution in [0, 0.1) is 5.82 Å². The highest BCUT2D eigenvalue weighted by Gasteiger charge is 2.26. The third-order valence-corrected chi connectivity index (χ3v) is 2.29. The number of hydrogen-bond acceptors (Lipinski definition) is 2. The van der Waals surface area contributed by atoms with Crippen LogP contribution in [0.3, 0.4) is 0 Å². The van der Waals surface area contributed by atoms with Gasteiger partial charge in [0.2, 0.25) is 0 Å². The van der Waals surface area contributed by atoms with Gasteiger partial charge >= 0.3 is 6.18 Å². The first-order chi connectivity index (χ1) is 8.31. The highest BCUT2D eigenvalue weighted by Crippen LogP contribution is 2.24. The fourth-order valence-corrected chi connectivity index (χ4v) is 1.52. The van der Waals surface area contributed by atoms with Crippen LogP contribution in [-0.4, -0.2) is 17.8 Å². The lowest BCUT2D eigenvalue weighted by Crippen LogP contribution is -2.15. The van der Waals surface area contributed by atoms with E-state index < -0.39 is 18.4 Å². The molecule has 0 radical (unpaired) electrons. The summed E-state index contributed by atoms with van der Waals surface area (Å²) in [6.07, 6.45) is -5.39. The standard InChI is InChI=1S/C11H11F4NOS/c12-7-3-1-4-8(9(7)10(16)18)17-6-2-5-11(13,14)15/h1,3-4H,2,5-6H2,(H2,16,18). The van der Waals surface area contributed by atoms with Crippen molar-refractivity contribution in [3.05, 3.63) is 29.6 Å². The van der Waals surface area contributed by atoms with Crippen molar-refractivity contribution in [2.24, 2.45) is 5.73 Å². The van der Waals surface area contributed by atoms with Gasteiger partial charge in [-0.15, -0.1) is 0 Å². The van der Waals surface area contributed by atoms with E-state index in [1.165, 1.54) is 12.1 Å². The predicted molar refractivity (Wildman–Crippen MR) is 63.1 cm³/mol. The number of hydrogen-bond donors (Lipinski definition) is 1. The quantitative estimate of drug-likeness (QED) is 0.511. The van der Waals surface area contributed by atoms with Crippen LogP contribution in [0.2, 0.25) is 0 Å². The summed E-state index contributed by atoms with van der Waals surface area (Å²) >= 11 is 4.65. The molecule has 7 heteroatoms. The zero-order chi connectivity index (χ0) is 13.8. The molecule has 0 saturated carbocycles. The van der Waals surface area contributed by atoms with Gasteiger partial charge < -0.3 is 10.5 Å². The molecular weight excluding hydrogens is 270 g/mol. The Labute approximate surface area is 107 Å². The van der Waals surface area contributed by atoms with Gasteiger partial charge in [-0.25, -0.2) is 4.39 Å². The van der Waals surface area contributed by atoms with Gasteiger partial charge in [0.25, 0.3) is 0 Å². The minimum Gasteiger partial charge on any atom is -0.493 e. The highest BCUT2D eigenvalue weighted by molar-refractivity contribution is 7.80. The van der Waals surface area contributed by atoms with Crippen LogP contribution in [0.15, 0.2) is 18.2 Å². The minimum atomic E-state index is -4.22. The Morgan fingerprint density at radius 3 is 2.56 bits per heavy atom. The van der Waals surface area contributed by atoms with E-state index in [9.17, 15) is 17.6 Å². The molecule has 0 saturated heterocycles. The molecule has 0 spiro atoms. The van der Waals surface area contributed by atoms with Gasteiger partial charge in [-0.1, -0.05) is 18.3 Å². The molecule has 0 atom stereocenters. The summed E-state index contributed by atoms with van der Waals surface area (Å²) in [6.45, 7) is -0.182. The molecule has 18 heavy (non-hydrogen) atoms. The molecule has 1 aromatic rings. The number of halogens is 4. The number of ether oxygens (including phenoxy) is 1. The zero-order valence-electron chi connectivity index (χ0n) is 9.26. The largest absolute Gasteiger partial charge is 0.493 e. The van der Waals surface area contributed by atoms with Gasteiger partial charge in [0.05, 0.1) is 12.2 Å². The Kier molecular flexibility index (Phi) is 4.89. The number of alkyl halides is 3. The number of thiocarbonyl (C=S) groups is 1. The van der Waals surface area contributed by atoms with Gasteiger partial charge in [-0.2, -0.15) is 13.2 Å². The summed E-state index contributed by atoms with van der Waals surface area (Å²) < 4.78 is 54.1. The van der Waals surface area contributed by atoms with Crippen LogP contribution in [0.4, 0.5) is 17.6 Å². The predicted octanol–water partition coefficient (Wildman–Crippen LogP) is 3.18. The summed E-state index contributed by atoms with van der Waals surface area (Å²) in [4.78, 5) is -0.195. The van der Waals surface area contributed by atoms with Crippen molar-refractivity contribution in [3.63, 3.8) is 0 Å². The first-order valence-electron chi connectivity index (χ1n) is 5.09. The van der Waals surface area contributed by atoms with E-state index in [1.54, 1.807) is 0 Å². The minimum absolute atomic E-state index is 0.0599. The van der Waals surface area contributed by atoms with E-state index in [1.807, 2.05) is 0 Å².